The van der Waals surface area contributed by atoms with E-state index in [1.165, 1.54) is 18.5 Å². The third kappa shape index (κ3) is 3.94. The first kappa shape index (κ1) is 16.8. The molecule has 1 atom stereocenters. The lowest BCUT2D eigenvalue weighted by atomic mass is 10.1. The molecule has 7 heteroatoms. The lowest BCUT2D eigenvalue weighted by molar-refractivity contribution is 0.163. The minimum absolute atomic E-state index is 0.218. The third-order valence-electron chi connectivity index (χ3n) is 4.99. The number of sulfonamides is 1. The molecule has 2 aliphatic rings. The summed E-state index contributed by atoms with van der Waals surface area (Å²) < 4.78 is 29.5. The molecule has 2 heterocycles. The fourth-order valence-corrected chi connectivity index (χ4v) is 4.59. The number of aromatic nitrogens is 2. The molecule has 1 saturated carbocycles. The zero-order valence-corrected chi connectivity index (χ0v) is 15.0. The summed E-state index contributed by atoms with van der Waals surface area (Å²) >= 11 is 0. The number of fused-ring (bicyclic) bond motifs is 1. The minimum atomic E-state index is -3.44. The molecule has 0 amide bonds. The molecule has 1 fully saturated rings. The summed E-state index contributed by atoms with van der Waals surface area (Å²) in [5, 5.41) is 4.45. The van der Waals surface area contributed by atoms with E-state index in [9.17, 15) is 8.42 Å². The van der Waals surface area contributed by atoms with Gasteiger partial charge in [0.1, 0.15) is 0 Å². The Morgan fingerprint density at radius 2 is 1.96 bits per heavy atom. The van der Waals surface area contributed by atoms with Gasteiger partial charge in [0.15, 0.2) is 0 Å². The van der Waals surface area contributed by atoms with Crippen LogP contribution in [0.1, 0.15) is 31.0 Å². The van der Waals surface area contributed by atoms with Gasteiger partial charge in [0, 0.05) is 32.4 Å². The van der Waals surface area contributed by atoms with E-state index in [4.69, 9.17) is 0 Å². The molecule has 2 aromatic rings. The predicted octanol–water partition coefficient (Wildman–Crippen LogP) is 2.02. The highest BCUT2D eigenvalue weighted by Gasteiger charge is 2.30. The normalized spacial score (nSPS) is 21.2. The Hall–Kier alpha value is -1.70. The summed E-state index contributed by atoms with van der Waals surface area (Å²) in [6.45, 7) is 3.46. The molecule has 1 N–H and O–H groups in total. The molecule has 0 unspecified atom stereocenters. The lowest BCUT2D eigenvalue weighted by Crippen LogP contribution is -2.40. The molecular weight excluding hydrogens is 336 g/mol. The highest BCUT2D eigenvalue weighted by molar-refractivity contribution is 7.89. The Morgan fingerprint density at radius 1 is 1.16 bits per heavy atom. The summed E-state index contributed by atoms with van der Waals surface area (Å²) in [4.78, 5) is 2.80. The van der Waals surface area contributed by atoms with Crippen molar-refractivity contribution in [3.63, 3.8) is 0 Å². The van der Waals surface area contributed by atoms with Gasteiger partial charge in [-0.25, -0.2) is 13.1 Å². The zero-order chi connectivity index (χ0) is 17.3. The summed E-state index contributed by atoms with van der Waals surface area (Å²) in [6.07, 6.45) is 5.27. The topological polar surface area (TPSA) is 67.2 Å². The lowest BCUT2D eigenvalue weighted by Gasteiger charge is -2.34. The molecule has 4 rings (SSSR count). The number of hydrogen-bond donors (Lipinski definition) is 1. The number of nitrogens with zero attached hydrogens (tertiary/aromatic N) is 3. The maximum absolute atomic E-state index is 12.3. The van der Waals surface area contributed by atoms with Gasteiger partial charge in [-0.1, -0.05) is 18.2 Å². The van der Waals surface area contributed by atoms with E-state index in [1.807, 2.05) is 12.3 Å². The largest absolute Gasteiger partial charge is 0.295 e. The summed E-state index contributed by atoms with van der Waals surface area (Å²) in [6, 6.07) is 10.8. The van der Waals surface area contributed by atoms with Gasteiger partial charge < -0.3 is 0 Å². The third-order valence-corrected chi connectivity index (χ3v) is 6.47. The fraction of sp³-hybridized carbons (Fsp3) is 0.500. The Labute approximate surface area is 148 Å². The van der Waals surface area contributed by atoms with Crippen LogP contribution in [-0.4, -0.2) is 42.7 Å². The average molecular weight is 360 g/mol. The van der Waals surface area contributed by atoms with Gasteiger partial charge in [-0.2, -0.15) is 5.10 Å². The van der Waals surface area contributed by atoms with Crippen LogP contribution in [0.25, 0.3) is 0 Å². The fourth-order valence-electron chi connectivity index (χ4n) is 3.53. The Balaban J connectivity index is 1.38. The Bertz CT molecular complexity index is 815. The molecule has 1 aliphatic carbocycles. The van der Waals surface area contributed by atoms with E-state index in [-0.39, 0.29) is 6.04 Å². The number of hydrogen-bond acceptors (Lipinski definition) is 4. The highest BCUT2D eigenvalue weighted by Crippen LogP contribution is 2.32. The van der Waals surface area contributed by atoms with Crippen molar-refractivity contribution in [3.05, 3.63) is 48.3 Å². The standard InChI is InChI=1S/C18H24N4O2S/c23-25(24,18-4-2-1-3-5-18)20-11-9-17-14-21(12-15-6-7-15)13-16-8-10-19-22(16)17/h1-5,8,10,15,17,20H,6-7,9,11-14H2/t17-/m0/s1. The quantitative estimate of drug-likeness (QED) is 0.820. The predicted molar refractivity (Wildman–Crippen MR) is 95.5 cm³/mol. The van der Waals surface area contributed by atoms with E-state index in [2.05, 4.69) is 25.5 Å². The van der Waals surface area contributed by atoms with E-state index in [1.54, 1.807) is 24.3 Å². The van der Waals surface area contributed by atoms with Gasteiger partial charge >= 0.3 is 0 Å². The number of nitrogens with one attached hydrogen (secondary N) is 1. The van der Waals surface area contributed by atoms with E-state index in [0.29, 0.717) is 11.4 Å². The monoisotopic (exact) mass is 360 g/mol. The van der Waals surface area contributed by atoms with Crippen LogP contribution in [0.3, 0.4) is 0 Å². The first-order valence-corrected chi connectivity index (χ1v) is 10.4. The summed E-state index contributed by atoms with van der Waals surface area (Å²) in [5.74, 6) is 0.853. The average Bonchev–Trinajstić information content (AvgIpc) is 3.29. The Morgan fingerprint density at radius 3 is 2.72 bits per heavy atom. The molecule has 0 spiro atoms. The summed E-state index contributed by atoms with van der Waals surface area (Å²) in [7, 11) is -3.44. The SMILES string of the molecule is O=S(=O)(NCC[C@H]1CN(CC2CC2)Cc2ccnn21)c1ccccc1. The van der Waals surface area contributed by atoms with Crippen LogP contribution in [0.2, 0.25) is 0 Å². The minimum Gasteiger partial charge on any atom is -0.295 e. The van der Waals surface area contributed by atoms with Crippen molar-refractivity contribution in [1.82, 2.24) is 19.4 Å². The first-order valence-electron chi connectivity index (χ1n) is 8.91. The van der Waals surface area contributed by atoms with Crippen molar-refractivity contribution in [2.75, 3.05) is 19.6 Å². The van der Waals surface area contributed by atoms with Gasteiger partial charge in [-0.3, -0.25) is 9.58 Å². The molecule has 134 valence electrons. The van der Waals surface area contributed by atoms with Crippen molar-refractivity contribution in [1.29, 1.82) is 0 Å². The van der Waals surface area contributed by atoms with Crippen LogP contribution in [0.15, 0.2) is 47.5 Å². The molecule has 6 nitrogen and oxygen atoms in total. The van der Waals surface area contributed by atoms with Gasteiger partial charge in [-0.05, 0) is 43.4 Å². The Kier molecular flexibility index (Phi) is 4.62. The van der Waals surface area contributed by atoms with Crippen molar-refractivity contribution < 1.29 is 8.42 Å². The van der Waals surface area contributed by atoms with Gasteiger partial charge in [0.2, 0.25) is 10.0 Å². The number of benzene rings is 1. The number of rotatable bonds is 7. The van der Waals surface area contributed by atoms with Crippen LogP contribution in [0.5, 0.6) is 0 Å². The van der Waals surface area contributed by atoms with Crippen LogP contribution in [-0.2, 0) is 16.6 Å². The summed E-state index contributed by atoms with van der Waals surface area (Å²) in [5.41, 5.74) is 1.22. The zero-order valence-electron chi connectivity index (χ0n) is 14.2. The molecule has 25 heavy (non-hydrogen) atoms. The molecule has 1 aromatic carbocycles. The van der Waals surface area contributed by atoms with Crippen LogP contribution < -0.4 is 4.72 Å². The van der Waals surface area contributed by atoms with Crippen LogP contribution in [0.4, 0.5) is 0 Å². The second-order valence-corrected chi connectivity index (χ2v) is 8.82. The van der Waals surface area contributed by atoms with Crippen molar-refractivity contribution in [2.24, 2.45) is 5.92 Å². The van der Waals surface area contributed by atoms with E-state index in [0.717, 1.165) is 32.0 Å². The van der Waals surface area contributed by atoms with Gasteiger partial charge in [0.25, 0.3) is 0 Å². The maximum atomic E-state index is 12.3. The van der Waals surface area contributed by atoms with Crippen LogP contribution >= 0.6 is 0 Å². The van der Waals surface area contributed by atoms with E-state index < -0.39 is 10.0 Å². The van der Waals surface area contributed by atoms with Gasteiger partial charge in [-0.15, -0.1) is 0 Å². The van der Waals surface area contributed by atoms with Crippen molar-refractivity contribution in [3.8, 4) is 0 Å². The van der Waals surface area contributed by atoms with Crippen molar-refractivity contribution >= 4 is 10.0 Å². The molecule has 0 saturated heterocycles. The van der Waals surface area contributed by atoms with Crippen molar-refractivity contribution in [2.45, 2.75) is 36.7 Å². The highest BCUT2D eigenvalue weighted by atomic mass is 32.2. The second kappa shape index (κ2) is 6.90. The van der Waals surface area contributed by atoms with Gasteiger partial charge in [0.05, 0.1) is 16.6 Å². The molecule has 1 aliphatic heterocycles. The molecule has 0 radical (unpaired) electrons. The molecule has 1 aromatic heterocycles. The molecule has 0 bridgehead atoms. The maximum Gasteiger partial charge on any atom is 0.240 e. The van der Waals surface area contributed by atoms with E-state index >= 15 is 0 Å². The van der Waals surface area contributed by atoms with Crippen LogP contribution in [0, 0.1) is 5.92 Å². The second-order valence-electron chi connectivity index (χ2n) is 7.06. The first-order chi connectivity index (χ1) is 12.1. The molecular formula is C18H24N4O2S. The smallest absolute Gasteiger partial charge is 0.240 e.